The Hall–Kier alpha value is -1.34. The molecule has 118 valence electrons. The summed E-state index contributed by atoms with van der Waals surface area (Å²) in [6.07, 6.45) is -2.35. The van der Waals surface area contributed by atoms with Crippen LogP contribution < -0.4 is 5.32 Å². The molecule has 1 saturated heterocycles. The lowest BCUT2D eigenvalue weighted by Gasteiger charge is -2.34. The van der Waals surface area contributed by atoms with Gasteiger partial charge >= 0.3 is 6.18 Å². The van der Waals surface area contributed by atoms with Crippen LogP contribution in [0.4, 0.5) is 18.9 Å². The predicted octanol–water partition coefficient (Wildman–Crippen LogP) is 2.19. The van der Waals surface area contributed by atoms with Gasteiger partial charge in [0.05, 0.1) is 12.2 Å². The van der Waals surface area contributed by atoms with Crippen LogP contribution in [0, 0.1) is 0 Å². The van der Waals surface area contributed by atoms with Crippen molar-refractivity contribution in [2.75, 3.05) is 44.6 Å². The minimum Gasteiger partial charge on any atom is -0.385 e. The van der Waals surface area contributed by atoms with Crippen molar-refractivity contribution < 1.29 is 13.2 Å². The Morgan fingerprint density at radius 1 is 1.19 bits per heavy atom. The lowest BCUT2D eigenvalue weighted by Crippen LogP contribution is -2.48. The van der Waals surface area contributed by atoms with Crippen molar-refractivity contribution >= 4 is 5.69 Å². The van der Waals surface area contributed by atoms with Crippen LogP contribution in [0.3, 0.4) is 0 Å². The van der Waals surface area contributed by atoms with Gasteiger partial charge in [-0.1, -0.05) is 0 Å². The first kappa shape index (κ1) is 16.0. The molecule has 1 aromatic heterocycles. The molecule has 1 fully saturated rings. The summed E-state index contributed by atoms with van der Waals surface area (Å²) in [4.78, 5) is 7.92. The van der Waals surface area contributed by atoms with Crippen LogP contribution in [0.1, 0.15) is 12.6 Å². The molecule has 0 aliphatic carbocycles. The summed E-state index contributed by atoms with van der Waals surface area (Å²) in [6, 6.07) is 3.90. The highest BCUT2D eigenvalue weighted by Gasteiger charge is 2.32. The third-order valence-electron chi connectivity index (χ3n) is 3.45. The number of nitrogens with one attached hydrogen (secondary N) is 1. The third-order valence-corrected chi connectivity index (χ3v) is 3.45. The van der Waals surface area contributed by atoms with Crippen molar-refractivity contribution in [1.82, 2.24) is 14.8 Å². The normalized spacial score (nSPS) is 17.9. The second kappa shape index (κ2) is 7.09. The van der Waals surface area contributed by atoms with Gasteiger partial charge in [0.1, 0.15) is 0 Å². The van der Waals surface area contributed by atoms with E-state index in [1.54, 1.807) is 6.20 Å². The summed E-state index contributed by atoms with van der Waals surface area (Å²) < 4.78 is 37.0. The van der Waals surface area contributed by atoms with Crippen LogP contribution in [-0.2, 0) is 6.54 Å². The number of hydrogen-bond acceptors (Lipinski definition) is 4. The highest BCUT2D eigenvalue weighted by Crippen LogP contribution is 2.18. The van der Waals surface area contributed by atoms with E-state index in [9.17, 15) is 13.2 Å². The molecule has 1 aromatic rings. The summed E-state index contributed by atoms with van der Waals surface area (Å²) in [5.41, 5.74) is 1.97. The molecule has 0 radical (unpaired) electrons. The number of anilines is 1. The number of alkyl halides is 3. The molecule has 0 bridgehead atoms. The van der Waals surface area contributed by atoms with Gasteiger partial charge in [-0.3, -0.25) is 14.8 Å². The molecule has 0 aromatic carbocycles. The highest BCUT2D eigenvalue weighted by atomic mass is 19.4. The first-order valence-corrected chi connectivity index (χ1v) is 7.16. The quantitative estimate of drug-likeness (QED) is 0.903. The molecule has 0 atom stereocenters. The van der Waals surface area contributed by atoms with Gasteiger partial charge in [0.2, 0.25) is 0 Å². The summed E-state index contributed by atoms with van der Waals surface area (Å²) in [5, 5.41) is 3.23. The Labute approximate surface area is 122 Å². The molecule has 2 heterocycles. The molecule has 21 heavy (non-hydrogen) atoms. The molecule has 0 amide bonds. The van der Waals surface area contributed by atoms with Crippen LogP contribution in [0.25, 0.3) is 0 Å². The standard InChI is InChI=1S/C14H21F3N4/c1-2-18-12-3-4-19-13(9-12)10-20-5-7-21(8-6-20)11-14(15,16)17/h3-4,9H,2,5-8,10-11H2,1H3,(H,18,19). The molecule has 2 rings (SSSR count). The number of rotatable bonds is 5. The van der Waals surface area contributed by atoms with Crippen molar-refractivity contribution in [2.24, 2.45) is 0 Å². The lowest BCUT2D eigenvalue weighted by molar-refractivity contribution is -0.149. The van der Waals surface area contributed by atoms with Gasteiger partial charge in [-0.25, -0.2) is 0 Å². The van der Waals surface area contributed by atoms with Crippen LogP contribution in [0.15, 0.2) is 18.3 Å². The van der Waals surface area contributed by atoms with Crippen molar-refractivity contribution in [2.45, 2.75) is 19.6 Å². The van der Waals surface area contributed by atoms with Gasteiger partial charge in [-0.05, 0) is 19.1 Å². The molecule has 1 aliphatic heterocycles. The second-order valence-corrected chi connectivity index (χ2v) is 5.23. The van der Waals surface area contributed by atoms with Gasteiger partial charge in [0.25, 0.3) is 0 Å². The average Bonchev–Trinajstić information content (AvgIpc) is 2.40. The van der Waals surface area contributed by atoms with Gasteiger partial charge in [-0.2, -0.15) is 13.2 Å². The van der Waals surface area contributed by atoms with Crippen LogP contribution in [0.2, 0.25) is 0 Å². The molecule has 1 aliphatic rings. The maximum absolute atomic E-state index is 12.3. The lowest BCUT2D eigenvalue weighted by atomic mass is 10.2. The van der Waals surface area contributed by atoms with Crippen molar-refractivity contribution in [3.8, 4) is 0 Å². The van der Waals surface area contributed by atoms with E-state index in [1.807, 2.05) is 19.1 Å². The number of halogens is 3. The molecule has 0 unspecified atom stereocenters. The van der Waals surface area contributed by atoms with Crippen LogP contribution in [0.5, 0.6) is 0 Å². The zero-order valence-electron chi connectivity index (χ0n) is 12.2. The molecule has 0 spiro atoms. The Morgan fingerprint density at radius 3 is 2.48 bits per heavy atom. The molecule has 7 heteroatoms. The van der Waals surface area contributed by atoms with Gasteiger partial charge in [0, 0.05) is 51.2 Å². The number of aromatic nitrogens is 1. The summed E-state index contributed by atoms with van der Waals surface area (Å²) in [7, 11) is 0. The van der Waals surface area contributed by atoms with E-state index in [4.69, 9.17) is 0 Å². The molecule has 4 nitrogen and oxygen atoms in total. The molecule has 1 N–H and O–H groups in total. The fraction of sp³-hybridized carbons (Fsp3) is 0.643. The largest absolute Gasteiger partial charge is 0.401 e. The zero-order chi connectivity index (χ0) is 15.3. The number of nitrogens with zero attached hydrogens (tertiary/aromatic N) is 3. The molecule has 0 saturated carbocycles. The van der Waals surface area contributed by atoms with Crippen molar-refractivity contribution in [1.29, 1.82) is 0 Å². The number of piperazine rings is 1. The second-order valence-electron chi connectivity index (χ2n) is 5.23. The van der Waals surface area contributed by atoms with E-state index in [-0.39, 0.29) is 0 Å². The highest BCUT2D eigenvalue weighted by molar-refractivity contribution is 5.42. The summed E-state index contributed by atoms with van der Waals surface area (Å²) in [6.45, 7) is 4.93. The fourth-order valence-electron chi connectivity index (χ4n) is 2.47. The monoisotopic (exact) mass is 302 g/mol. The van der Waals surface area contributed by atoms with E-state index in [1.165, 1.54) is 4.90 Å². The summed E-state index contributed by atoms with van der Waals surface area (Å²) >= 11 is 0. The zero-order valence-corrected chi connectivity index (χ0v) is 12.2. The molecular weight excluding hydrogens is 281 g/mol. The topological polar surface area (TPSA) is 31.4 Å². The van der Waals surface area contributed by atoms with Gasteiger partial charge < -0.3 is 5.32 Å². The third kappa shape index (κ3) is 5.51. The minimum absolute atomic E-state index is 0.451. The predicted molar refractivity (Wildman–Crippen MR) is 76.2 cm³/mol. The fourth-order valence-corrected chi connectivity index (χ4v) is 2.47. The SMILES string of the molecule is CCNc1ccnc(CN2CCN(CC(F)(F)F)CC2)c1. The smallest absolute Gasteiger partial charge is 0.385 e. The van der Waals surface area contributed by atoms with E-state index in [0.717, 1.165) is 17.9 Å². The van der Waals surface area contributed by atoms with Crippen LogP contribution in [-0.4, -0.2) is 60.2 Å². The maximum atomic E-state index is 12.3. The van der Waals surface area contributed by atoms with E-state index < -0.39 is 12.7 Å². The minimum atomic E-state index is -4.11. The Bertz CT molecular complexity index is 442. The molecular formula is C14H21F3N4. The average molecular weight is 302 g/mol. The Morgan fingerprint density at radius 2 is 1.86 bits per heavy atom. The van der Waals surface area contributed by atoms with Crippen molar-refractivity contribution in [3.05, 3.63) is 24.0 Å². The Balaban J connectivity index is 1.82. The Kier molecular flexibility index (Phi) is 5.41. The first-order valence-electron chi connectivity index (χ1n) is 7.16. The van der Waals surface area contributed by atoms with E-state index in [2.05, 4.69) is 15.2 Å². The summed E-state index contributed by atoms with van der Waals surface area (Å²) in [5.74, 6) is 0. The van der Waals surface area contributed by atoms with Crippen molar-refractivity contribution in [3.63, 3.8) is 0 Å². The number of pyridine rings is 1. The van der Waals surface area contributed by atoms with E-state index >= 15 is 0 Å². The first-order chi connectivity index (χ1) is 9.96. The van der Waals surface area contributed by atoms with Gasteiger partial charge in [-0.15, -0.1) is 0 Å². The number of hydrogen-bond donors (Lipinski definition) is 1. The van der Waals surface area contributed by atoms with Crippen LogP contribution >= 0.6 is 0 Å². The van der Waals surface area contributed by atoms with Gasteiger partial charge in [0.15, 0.2) is 0 Å². The maximum Gasteiger partial charge on any atom is 0.401 e. The van der Waals surface area contributed by atoms with E-state index in [0.29, 0.717) is 32.7 Å².